The molecule has 0 aliphatic heterocycles. The summed E-state index contributed by atoms with van der Waals surface area (Å²) in [7, 11) is 0. The normalized spacial score (nSPS) is 11.0. The second kappa shape index (κ2) is 6.96. The van der Waals surface area contributed by atoms with Crippen LogP contribution in [0.2, 0.25) is 0 Å². The van der Waals surface area contributed by atoms with Crippen molar-refractivity contribution in [3.05, 3.63) is 72.6 Å². The van der Waals surface area contributed by atoms with Gasteiger partial charge in [0, 0.05) is 17.0 Å². The van der Waals surface area contributed by atoms with Crippen molar-refractivity contribution in [3.63, 3.8) is 0 Å². The monoisotopic (exact) mass is 307 g/mol. The number of hydrogen-bond donors (Lipinski definition) is 0. The van der Waals surface area contributed by atoms with Crippen molar-refractivity contribution < 1.29 is 0 Å². The predicted molar refractivity (Wildman–Crippen MR) is 90.5 cm³/mol. The summed E-state index contributed by atoms with van der Waals surface area (Å²) in [5, 5.41) is 0. The molecule has 4 heteroatoms. The average Bonchev–Trinajstić information content (AvgIpc) is 2.61. The molecule has 0 spiro atoms. The van der Waals surface area contributed by atoms with E-state index in [-0.39, 0.29) is 0 Å². The molecule has 108 valence electrons. The van der Waals surface area contributed by atoms with Crippen molar-refractivity contribution in [2.24, 2.45) is 0 Å². The van der Waals surface area contributed by atoms with Crippen LogP contribution >= 0.6 is 11.6 Å². The molecule has 3 rings (SSSR count). The second-order valence-corrected chi connectivity index (χ2v) is 4.99. The maximum absolute atomic E-state index is 5.68. The van der Waals surface area contributed by atoms with Crippen molar-refractivity contribution in [2.45, 2.75) is 0 Å². The zero-order valence-electron chi connectivity index (χ0n) is 11.9. The van der Waals surface area contributed by atoms with Crippen LogP contribution in [-0.4, -0.2) is 20.8 Å². The first-order valence-electron chi connectivity index (χ1n) is 6.94. The zero-order valence-corrected chi connectivity index (χ0v) is 12.6. The van der Waals surface area contributed by atoms with Gasteiger partial charge >= 0.3 is 0 Å². The third kappa shape index (κ3) is 3.38. The number of benzene rings is 2. The third-order valence-corrected chi connectivity index (χ3v) is 3.33. The summed E-state index contributed by atoms with van der Waals surface area (Å²) in [5.41, 5.74) is 3.00. The standard InChI is InChI=1S/C18H14ClN3/c19-11-5-7-14-6-4-10-16(12-14)18-21-13-20-17(22-18)15-8-2-1-3-9-15/h1-10,12-13H,11H2/b7-5+. The Balaban J connectivity index is 1.97. The Morgan fingerprint density at radius 1 is 0.864 bits per heavy atom. The van der Waals surface area contributed by atoms with Gasteiger partial charge in [0.25, 0.3) is 0 Å². The summed E-state index contributed by atoms with van der Waals surface area (Å²) in [6.45, 7) is 0. The Hall–Kier alpha value is -2.52. The van der Waals surface area contributed by atoms with Crippen LogP contribution in [0, 0.1) is 0 Å². The van der Waals surface area contributed by atoms with Gasteiger partial charge in [-0.05, 0) is 11.6 Å². The summed E-state index contributed by atoms with van der Waals surface area (Å²) in [6.07, 6.45) is 5.44. The highest BCUT2D eigenvalue weighted by molar-refractivity contribution is 6.19. The van der Waals surface area contributed by atoms with Crippen molar-refractivity contribution >= 4 is 17.7 Å². The number of rotatable bonds is 4. The molecule has 0 bridgehead atoms. The summed E-state index contributed by atoms with van der Waals surface area (Å²) in [4.78, 5) is 13.1. The highest BCUT2D eigenvalue weighted by Gasteiger charge is 2.05. The summed E-state index contributed by atoms with van der Waals surface area (Å²) < 4.78 is 0. The molecule has 0 saturated carbocycles. The Kier molecular flexibility index (Phi) is 4.56. The zero-order chi connectivity index (χ0) is 15.2. The van der Waals surface area contributed by atoms with Gasteiger partial charge in [-0.15, -0.1) is 11.6 Å². The van der Waals surface area contributed by atoms with E-state index in [4.69, 9.17) is 11.6 Å². The van der Waals surface area contributed by atoms with Gasteiger partial charge in [0.1, 0.15) is 6.33 Å². The molecule has 22 heavy (non-hydrogen) atoms. The molecule has 0 N–H and O–H groups in total. The van der Waals surface area contributed by atoms with E-state index in [9.17, 15) is 0 Å². The quantitative estimate of drug-likeness (QED) is 0.668. The minimum atomic E-state index is 0.494. The first kappa shape index (κ1) is 14.4. The largest absolute Gasteiger partial charge is 0.217 e. The highest BCUT2D eigenvalue weighted by atomic mass is 35.5. The first-order chi connectivity index (χ1) is 10.9. The van der Waals surface area contributed by atoms with Gasteiger partial charge in [-0.25, -0.2) is 15.0 Å². The minimum absolute atomic E-state index is 0.494. The first-order valence-corrected chi connectivity index (χ1v) is 7.47. The summed E-state index contributed by atoms with van der Waals surface area (Å²) in [5.74, 6) is 1.83. The predicted octanol–water partition coefficient (Wildman–Crippen LogP) is 4.46. The fourth-order valence-electron chi connectivity index (χ4n) is 2.12. The molecular formula is C18H14ClN3. The maximum atomic E-state index is 5.68. The Labute approximate surface area is 134 Å². The molecule has 0 radical (unpaired) electrons. The topological polar surface area (TPSA) is 38.7 Å². The van der Waals surface area contributed by atoms with Crippen molar-refractivity contribution in [1.29, 1.82) is 0 Å². The lowest BCUT2D eigenvalue weighted by Gasteiger charge is -2.04. The molecule has 0 atom stereocenters. The van der Waals surface area contributed by atoms with Gasteiger partial charge in [-0.1, -0.05) is 60.7 Å². The molecule has 3 aromatic rings. The number of aromatic nitrogens is 3. The molecule has 0 aliphatic carbocycles. The number of nitrogens with zero attached hydrogens (tertiary/aromatic N) is 3. The molecule has 0 saturated heterocycles. The third-order valence-electron chi connectivity index (χ3n) is 3.15. The van der Waals surface area contributed by atoms with Gasteiger partial charge in [-0.2, -0.15) is 0 Å². The molecule has 3 nitrogen and oxygen atoms in total. The van der Waals surface area contributed by atoms with E-state index in [1.54, 1.807) is 6.33 Å². The van der Waals surface area contributed by atoms with Gasteiger partial charge in [0.2, 0.25) is 0 Å². The molecule has 1 heterocycles. The second-order valence-electron chi connectivity index (χ2n) is 4.68. The van der Waals surface area contributed by atoms with Crippen molar-refractivity contribution in [3.8, 4) is 22.8 Å². The van der Waals surface area contributed by atoms with E-state index in [0.29, 0.717) is 17.5 Å². The van der Waals surface area contributed by atoms with Crippen LogP contribution < -0.4 is 0 Å². The van der Waals surface area contributed by atoms with Gasteiger partial charge in [-0.3, -0.25) is 0 Å². The molecule has 0 amide bonds. The fraction of sp³-hybridized carbons (Fsp3) is 0.0556. The SMILES string of the molecule is ClC/C=C/c1cccc(-c2ncnc(-c3ccccc3)n2)c1. The lowest BCUT2D eigenvalue weighted by molar-refractivity contribution is 1.06. The molecule has 0 aliphatic rings. The van der Waals surface area contributed by atoms with Crippen LogP contribution in [0.4, 0.5) is 0 Å². The number of hydrogen-bond acceptors (Lipinski definition) is 3. The molecular weight excluding hydrogens is 294 g/mol. The van der Waals surface area contributed by atoms with Crippen LogP contribution in [0.25, 0.3) is 28.9 Å². The minimum Gasteiger partial charge on any atom is -0.217 e. The number of allylic oxidation sites excluding steroid dienone is 1. The van der Waals surface area contributed by atoms with Gasteiger partial charge in [0.15, 0.2) is 11.6 Å². The Bertz CT molecular complexity index is 785. The van der Waals surface area contributed by atoms with E-state index in [0.717, 1.165) is 16.7 Å². The van der Waals surface area contributed by atoms with Crippen LogP contribution in [-0.2, 0) is 0 Å². The van der Waals surface area contributed by atoms with Gasteiger partial charge < -0.3 is 0 Å². The highest BCUT2D eigenvalue weighted by Crippen LogP contribution is 2.20. The lowest BCUT2D eigenvalue weighted by atomic mass is 10.1. The van der Waals surface area contributed by atoms with Crippen molar-refractivity contribution in [2.75, 3.05) is 5.88 Å². The van der Waals surface area contributed by atoms with Crippen LogP contribution in [0.3, 0.4) is 0 Å². The fourth-order valence-corrected chi connectivity index (χ4v) is 2.21. The Morgan fingerprint density at radius 2 is 1.59 bits per heavy atom. The van der Waals surface area contributed by atoms with Crippen LogP contribution in [0.15, 0.2) is 67.0 Å². The van der Waals surface area contributed by atoms with E-state index >= 15 is 0 Å². The number of halogens is 1. The maximum Gasteiger partial charge on any atom is 0.163 e. The smallest absolute Gasteiger partial charge is 0.163 e. The average molecular weight is 308 g/mol. The van der Waals surface area contributed by atoms with E-state index < -0.39 is 0 Å². The number of alkyl halides is 1. The molecule has 1 aromatic heterocycles. The molecule has 0 fully saturated rings. The molecule has 0 unspecified atom stereocenters. The Morgan fingerprint density at radius 3 is 2.36 bits per heavy atom. The van der Waals surface area contributed by atoms with Gasteiger partial charge in [0.05, 0.1) is 0 Å². The van der Waals surface area contributed by atoms with Crippen LogP contribution in [0.5, 0.6) is 0 Å². The summed E-state index contributed by atoms with van der Waals surface area (Å²) in [6, 6.07) is 17.9. The lowest BCUT2D eigenvalue weighted by Crippen LogP contribution is -1.95. The summed E-state index contributed by atoms with van der Waals surface area (Å²) >= 11 is 5.68. The van der Waals surface area contributed by atoms with E-state index in [1.807, 2.05) is 66.7 Å². The van der Waals surface area contributed by atoms with E-state index in [1.165, 1.54) is 0 Å². The van der Waals surface area contributed by atoms with Crippen LogP contribution in [0.1, 0.15) is 5.56 Å². The van der Waals surface area contributed by atoms with Crippen molar-refractivity contribution in [1.82, 2.24) is 15.0 Å². The molecule has 2 aromatic carbocycles. The van der Waals surface area contributed by atoms with E-state index in [2.05, 4.69) is 15.0 Å².